The van der Waals surface area contributed by atoms with Gasteiger partial charge in [0.15, 0.2) is 0 Å². The Morgan fingerprint density at radius 2 is 1.70 bits per heavy atom. The van der Waals surface area contributed by atoms with E-state index in [4.69, 9.17) is 16.3 Å². The summed E-state index contributed by atoms with van der Waals surface area (Å²) in [5, 5.41) is 16.1. The number of anilines is 4. The van der Waals surface area contributed by atoms with E-state index in [1.165, 1.54) is 6.07 Å². The maximum atomic E-state index is 11.4. The molecule has 3 rings (SSSR count). The number of benzene rings is 2. The molecule has 0 saturated heterocycles. The largest absolute Gasteiger partial charge is 0.495 e. The average Bonchev–Trinajstić information content (AvgIpc) is 2.61. The molecule has 0 bridgehead atoms. The molecular weight excluding hydrogens is 368 g/mol. The van der Waals surface area contributed by atoms with Gasteiger partial charge in [0.2, 0.25) is 0 Å². The normalized spacial score (nSPS) is 10.3. The number of nitrogens with one attached hydrogen (secondary N) is 2. The van der Waals surface area contributed by atoms with E-state index >= 15 is 0 Å². The number of nitrogens with zero attached hydrogens (tertiary/aromatic N) is 2. The summed E-state index contributed by atoms with van der Waals surface area (Å²) < 4.78 is 5.33. The van der Waals surface area contributed by atoms with Crippen molar-refractivity contribution in [2.45, 2.75) is 6.92 Å². The number of ether oxygens (including phenoxy) is 1. The number of aromatic carboxylic acids is 1. The lowest BCUT2D eigenvalue weighted by Gasteiger charge is -2.13. The zero-order valence-corrected chi connectivity index (χ0v) is 15.4. The molecule has 0 spiro atoms. The third-order valence-corrected chi connectivity index (χ3v) is 3.92. The van der Waals surface area contributed by atoms with Gasteiger partial charge < -0.3 is 20.5 Å². The van der Waals surface area contributed by atoms with Gasteiger partial charge in [-0.15, -0.1) is 0 Å². The Morgan fingerprint density at radius 1 is 1.04 bits per heavy atom. The maximum Gasteiger partial charge on any atom is 0.337 e. The summed E-state index contributed by atoms with van der Waals surface area (Å²) in [6.07, 6.45) is 0. The lowest BCUT2D eigenvalue weighted by Crippen LogP contribution is -2.05. The third kappa shape index (κ3) is 4.45. The summed E-state index contributed by atoms with van der Waals surface area (Å²) in [6, 6.07) is 13.5. The zero-order valence-electron chi connectivity index (χ0n) is 14.7. The molecule has 0 amide bonds. The van der Waals surface area contributed by atoms with Crippen molar-refractivity contribution in [3.63, 3.8) is 0 Å². The minimum atomic E-state index is -1.02. The van der Waals surface area contributed by atoms with Gasteiger partial charge in [0.1, 0.15) is 23.2 Å². The third-order valence-electron chi connectivity index (χ3n) is 3.68. The van der Waals surface area contributed by atoms with Crippen LogP contribution in [-0.2, 0) is 0 Å². The van der Waals surface area contributed by atoms with Crippen molar-refractivity contribution in [2.24, 2.45) is 0 Å². The number of carboxylic acids is 1. The fraction of sp³-hybridized carbons (Fsp3) is 0.105. The molecule has 138 valence electrons. The van der Waals surface area contributed by atoms with Crippen molar-refractivity contribution in [1.82, 2.24) is 9.97 Å². The van der Waals surface area contributed by atoms with Crippen LogP contribution in [0.2, 0.25) is 5.02 Å². The molecule has 1 heterocycles. The summed E-state index contributed by atoms with van der Waals surface area (Å²) in [4.78, 5) is 20.1. The van der Waals surface area contributed by atoms with Crippen LogP contribution in [0.25, 0.3) is 0 Å². The van der Waals surface area contributed by atoms with Crippen molar-refractivity contribution in [3.8, 4) is 5.75 Å². The highest BCUT2D eigenvalue weighted by atomic mass is 35.5. The molecule has 0 aliphatic carbocycles. The molecule has 0 saturated carbocycles. The molecular formula is C19H17ClN4O3. The number of methoxy groups -OCH3 is 1. The number of rotatable bonds is 6. The number of hydrogen-bond donors (Lipinski definition) is 3. The highest BCUT2D eigenvalue weighted by Crippen LogP contribution is 2.31. The van der Waals surface area contributed by atoms with Crippen LogP contribution in [0.1, 0.15) is 16.2 Å². The standard InChI is InChI=1S/C19H17ClN4O3/c1-11-21-17(23-14-6-4-3-5-13(14)19(25)26)10-18(22-11)24-15-9-12(20)7-8-16(15)27-2/h3-10H,1-2H3,(H,25,26)(H2,21,22,23,24). The molecule has 3 aromatic rings. The van der Waals surface area contributed by atoms with Gasteiger partial charge in [0.25, 0.3) is 0 Å². The molecule has 0 fully saturated rings. The van der Waals surface area contributed by atoms with Crippen LogP contribution in [-0.4, -0.2) is 28.2 Å². The number of carboxylic acid groups (broad SMARTS) is 1. The Balaban J connectivity index is 1.92. The molecule has 3 N–H and O–H groups in total. The minimum absolute atomic E-state index is 0.153. The van der Waals surface area contributed by atoms with Crippen LogP contribution in [0.3, 0.4) is 0 Å². The van der Waals surface area contributed by atoms with Crippen LogP contribution in [0.5, 0.6) is 5.75 Å². The molecule has 0 aliphatic rings. The predicted molar refractivity (Wildman–Crippen MR) is 105 cm³/mol. The van der Waals surface area contributed by atoms with Crippen molar-refractivity contribution in [1.29, 1.82) is 0 Å². The lowest BCUT2D eigenvalue weighted by atomic mass is 10.2. The fourth-order valence-corrected chi connectivity index (χ4v) is 2.70. The Morgan fingerprint density at radius 3 is 2.37 bits per heavy atom. The molecule has 1 aromatic heterocycles. The first kappa shape index (κ1) is 18.5. The van der Waals surface area contributed by atoms with E-state index in [2.05, 4.69) is 20.6 Å². The Bertz CT molecular complexity index is 994. The van der Waals surface area contributed by atoms with E-state index in [9.17, 15) is 9.90 Å². The summed E-state index contributed by atoms with van der Waals surface area (Å²) in [5.41, 5.74) is 1.24. The Labute approximate surface area is 161 Å². The molecule has 27 heavy (non-hydrogen) atoms. The van der Waals surface area contributed by atoms with Crippen LogP contribution >= 0.6 is 11.6 Å². The number of aromatic nitrogens is 2. The average molecular weight is 385 g/mol. The molecule has 0 unspecified atom stereocenters. The molecule has 0 radical (unpaired) electrons. The van der Waals surface area contributed by atoms with E-state index in [0.717, 1.165) is 0 Å². The summed E-state index contributed by atoms with van der Waals surface area (Å²) >= 11 is 6.06. The SMILES string of the molecule is COc1ccc(Cl)cc1Nc1cc(Nc2ccccc2C(=O)O)nc(C)n1. The van der Waals surface area contributed by atoms with Gasteiger partial charge in [-0.25, -0.2) is 14.8 Å². The van der Waals surface area contributed by atoms with E-state index in [-0.39, 0.29) is 5.56 Å². The van der Waals surface area contributed by atoms with E-state index < -0.39 is 5.97 Å². The summed E-state index contributed by atoms with van der Waals surface area (Å²) in [5.74, 6) is 1.07. The van der Waals surface area contributed by atoms with Crippen LogP contribution in [0.15, 0.2) is 48.5 Å². The molecule has 2 aromatic carbocycles. The Hall–Kier alpha value is -3.32. The second kappa shape index (κ2) is 7.92. The fourth-order valence-electron chi connectivity index (χ4n) is 2.53. The lowest BCUT2D eigenvalue weighted by molar-refractivity contribution is 0.0698. The predicted octanol–water partition coefficient (Wildman–Crippen LogP) is 4.63. The molecule has 0 aliphatic heterocycles. The number of aryl methyl sites for hydroxylation is 1. The number of hydrogen-bond acceptors (Lipinski definition) is 6. The van der Waals surface area contributed by atoms with Gasteiger partial charge in [-0.3, -0.25) is 0 Å². The van der Waals surface area contributed by atoms with E-state index in [1.54, 1.807) is 56.5 Å². The van der Waals surface area contributed by atoms with Crippen LogP contribution < -0.4 is 15.4 Å². The second-order valence-corrected chi connectivity index (χ2v) is 6.07. The number of carbonyl (C=O) groups is 1. The number of halogens is 1. The van der Waals surface area contributed by atoms with E-state index in [1.807, 2.05) is 0 Å². The maximum absolute atomic E-state index is 11.4. The Kier molecular flexibility index (Phi) is 5.42. The van der Waals surface area contributed by atoms with Gasteiger partial charge in [0.05, 0.1) is 24.0 Å². The smallest absolute Gasteiger partial charge is 0.337 e. The second-order valence-electron chi connectivity index (χ2n) is 5.63. The first-order chi connectivity index (χ1) is 13.0. The van der Waals surface area contributed by atoms with Crippen LogP contribution in [0.4, 0.5) is 23.0 Å². The molecule has 0 atom stereocenters. The topological polar surface area (TPSA) is 96.4 Å². The summed E-state index contributed by atoms with van der Waals surface area (Å²) in [6.45, 7) is 1.74. The zero-order chi connectivity index (χ0) is 19.4. The first-order valence-electron chi connectivity index (χ1n) is 8.02. The van der Waals surface area contributed by atoms with Crippen molar-refractivity contribution in [2.75, 3.05) is 17.7 Å². The monoisotopic (exact) mass is 384 g/mol. The van der Waals surface area contributed by atoms with Crippen LogP contribution in [0, 0.1) is 6.92 Å². The first-order valence-corrected chi connectivity index (χ1v) is 8.39. The van der Waals surface area contributed by atoms with Crippen molar-refractivity contribution in [3.05, 3.63) is 64.9 Å². The van der Waals surface area contributed by atoms with Gasteiger partial charge in [-0.1, -0.05) is 23.7 Å². The summed E-state index contributed by atoms with van der Waals surface area (Å²) in [7, 11) is 1.56. The quantitative estimate of drug-likeness (QED) is 0.570. The highest BCUT2D eigenvalue weighted by molar-refractivity contribution is 6.31. The van der Waals surface area contributed by atoms with Crippen molar-refractivity contribution < 1.29 is 14.6 Å². The van der Waals surface area contributed by atoms with Gasteiger partial charge >= 0.3 is 5.97 Å². The molecule has 8 heteroatoms. The minimum Gasteiger partial charge on any atom is -0.495 e. The highest BCUT2D eigenvalue weighted by Gasteiger charge is 2.11. The van der Waals surface area contributed by atoms with Gasteiger partial charge in [-0.05, 0) is 37.3 Å². The van der Waals surface area contributed by atoms with Gasteiger partial charge in [-0.2, -0.15) is 0 Å². The van der Waals surface area contributed by atoms with E-state index in [0.29, 0.717) is 39.6 Å². The molecule has 7 nitrogen and oxygen atoms in total. The van der Waals surface area contributed by atoms with Crippen molar-refractivity contribution >= 4 is 40.6 Å². The number of para-hydroxylation sites is 1. The van der Waals surface area contributed by atoms with Gasteiger partial charge in [0, 0.05) is 11.1 Å².